The molecule has 1 amide bonds. The third-order valence-corrected chi connectivity index (χ3v) is 4.59. The first kappa shape index (κ1) is 14.6. The second kappa shape index (κ2) is 5.66. The van der Waals surface area contributed by atoms with Gasteiger partial charge in [-0.1, -0.05) is 18.2 Å². The van der Waals surface area contributed by atoms with Crippen LogP contribution in [0.1, 0.15) is 18.4 Å². The Bertz CT molecular complexity index is 641. The Balaban J connectivity index is 2.26. The average molecular weight is 295 g/mol. The van der Waals surface area contributed by atoms with Gasteiger partial charge in [0.25, 0.3) is 10.0 Å². The molecule has 6 heteroatoms. The van der Waals surface area contributed by atoms with Gasteiger partial charge >= 0.3 is 0 Å². The lowest BCUT2D eigenvalue weighted by molar-refractivity contribution is -0.122. The van der Waals surface area contributed by atoms with Crippen molar-refractivity contribution in [2.45, 2.75) is 24.7 Å². The number of allylic oxidation sites excluding steroid dienone is 2. The molecular weight excluding hydrogens is 278 g/mol. The summed E-state index contributed by atoms with van der Waals surface area (Å²) in [6.07, 6.45) is 4.91. The van der Waals surface area contributed by atoms with E-state index in [1.807, 2.05) is 12.2 Å². The molecule has 1 aromatic rings. The fourth-order valence-electron chi connectivity index (χ4n) is 2.10. The van der Waals surface area contributed by atoms with Crippen LogP contribution in [0.5, 0.6) is 5.75 Å². The van der Waals surface area contributed by atoms with E-state index in [0.717, 1.165) is 5.56 Å². The van der Waals surface area contributed by atoms with Gasteiger partial charge in [0, 0.05) is 5.92 Å². The van der Waals surface area contributed by atoms with Gasteiger partial charge in [0.2, 0.25) is 5.91 Å². The van der Waals surface area contributed by atoms with Crippen molar-refractivity contribution in [2.24, 2.45) is 5.92 Å². The maximum atomic E-state index is 12.3. The molecule has 20 heavy (non-hydrogen) atoms. The van der Waals surface area contributed by atoms with E-state index in [2.05, 4.69) is 4.72 Å². The SMILES string of the molecule is COc1ccc(C)cc1S(=O)(=O)NC(=O)C1CC=CC1. The minimum absolute atomic E-state index is 0.0145. The molecule has 1 aromatic carbocycles. The molecule has 108 valence electrons. The summed E-state index contributed by atoms with van der Waals surface area (Å²) in [6.45, 7) is 1.78. The van der Waals surface area contributed by atoms with Gasteiger partial charge in [0.15, 0.2) is 0 Å². The smallest absolute Gasteiger partial charge is 0.267 e. The summed E-state index contributed by atoms with van der Waals surface area (Å²) >= 11 is 0. The van der Waals surface area contributed by atoms with Crippen LogP contribution >= 0.6 is 0 Å². The molecule has 0 atom stereocenters. The summed E-state index contributed by atoms with van der Waals surface area (Å²) in [5.41, 5.74) is 0.779. The number of sulfonamides is 1. The fourth-order valence-corrected chi connectivity index (χ4v) is 3.39. The first-order chi connectivity index (χ1) is 9.44. The largest absolute Gasteiger partial charge is 0.495 e. The third kappa shape index (κ3) is 3.01. The van der Waals surface area contributed by atoms with E-state index in [9.17, 15) is 13.2 Å². The predicted octanol–water partition coefficient (Wildman–Crippen LogP) is 1.77. The molecule has 0 bridgehead atoms. The average Bonchev–Trinajstić information content (AvgIpc) is 2.92. The molecule has 0 aliphatic heterocycles. The molecule has 0 radical (unpaired) electrons. The number of nitrogens with one attached hydrogen (secondary N) is 1. The van der Waals surface area contributed by atoms with E-state index in [-0.39, 0.29) is 16.6 Å². The predicted molar refractivity (Wildman–Crippen MR) is 74.9 cm³/mol. The highest BCUT2D eigenvalue weighted by atomic mass is 32.2. The van der Waals surface area contributed by atoms with Crippen molar-refractivity contribution < 1.29 is 17.9 Å². The Morgan fingerprint density at radius 1 is 1.30 bits per heavy atom. The third-order valence-electron chi connectivity index (χ3n) is 3.22. The van der Waals surface area contributed by atoms with E-state index >= 15 is 0 Å². The molecule has 0 spiro atoms. The van der Waals surface area contributed by atoms with Gasteiger partial charge in [-0.3, -0.25) is 4.79 Å². The lowest BCUT2D eigenvalue weighted by Crippen LogP contribution is -2.35. The van der Waals surface area contributed by atoms with E-state index in [1.165, 1.54) is 13.2 Å². The number of methoxy groups -OCH3 is 1. The van der Waals surface area contributed by atoms with Crippen molar-refractivity contribution in [3.63, 3.8) is 0 Å². The number of rotatable bonds is 4. The normalized spacial score (nSPS) is 15.3. The second-order valence-corrected chi connectivity index (χ2v) is 6.41. The van der Waals surface area contributed by atoms with Crippen LogP contribution in [-0.4, -0.2) is 21.4 Å². The molecule has 2 rings (SSSR count). The molecule has 1 N–H and O–H groups in total. The number of aryl methyl sites for hydroxylation is 1. The van der Waals surface area contributed by atoms with Crippen molar-refractivity contribution in [3.05, 3.63) is 35.9 Å². The molecule has 1 aliphatic rings. The zero-order valence-corrected chi connectivity index (χ0v) is 12.2. The van der Waals surface area contributed by atoms with Crippen LogP contribution in [0, 0.1) is 12.8 Å². The fraction of sp³-hybridized carbons (Fsp3) is 0.357. The zero-order chi connectivity index (χ0) is 14.8. The summed E-state index contributed by atoms with van der Waals surface area (Å²) in [7, 11) is -2.52. The first-order valence-corrected chi connectivity index (χ1v) is 7.78. The van der Waals surface area contributed by atoms with Crippen LogP contribution in [-0.2, 0) is 14.8 Å². The van der Waals surface area contributed by atoms with Gasteiger partial charge < -0.3 is 4.74 Å². The zero-order valence-electron chi connectivity index (χ0n) is 11.4. The Morgan fingerprint density at radius 3 is 2.55 bits per heavy atom. The topological polar surface area (TPSA) is 72.5 Å². The molecule has 1 aliphatic carbocycles. The van der Waals surface area contributed by atoms with Crippen LogP contribution in [0.4, 0.5) is 0 Å². The minimum atomic E-state index is -3.91. The summed E-state index contributed by atoms with van der Waals surface area (Å²) in [4.78, 5) is 11.9. The van der Waals surface area contributed by atoms with Crippen LogP contribution in [0.25, 0.3) is 0 Å². The van der Waals surface area contributed by atoms with E-state index < -0.39 is 15.9 Å². The standard InChI is InChI=1S/C14H17NO4S/c1-10-7-8-12(19-2)13(9-10)20(17,18)15-14(16)11-5-3-4-6-11/h3-4,7-9,11H,5-6H2,1-2H3,(H,15,16). The van der Waals surface area contributed by atoms with Gasteiger partial charge in [-0.15, -0.1) is 0 Å². The summed E-state index contributed by atoms with van der Waals surface area (Å²) < 4.78 is 31.8. The Kier molecular flexibility index (Phi) is 4.13. The van der Waals surface area contributed by atoms with Gasteiger partial charge in [-0.2, -0.15) is 0 Å². The highest BCUT2D eigenvalue weighted by Crippen LogP contribution is 2.25. The Morgan fingerprint density at radius 2 is 1.95 bits per heavy atom. The molecule has 5 nitrogen and oxygen atoms in total. The maximum Gasteiger partial charge on any atom is 0.267 e. The molecule has 0 aromatic heterocycles. The summed E-state index contributed by atoms with van der Waals surface area (Å²) in [6, 6.07) is 4.81. The Labute approximate surface area is 118 Å². The van der Waals surface area contributed by atoms with Crippen LogP contribution in [0.3, 0.4) is 0 Å². The van der Waals surface area contributed by atoms with Gasteiger partial charge in [-0.05, 0) is 37.5 Å². The van der Waals surface area contributed by atoms with Gasteiger partial charge in [0.1, 0.15) is 10.6 Å². The quantitative estimate of drug-likeness (QED) is 0.859. The molecule has 0 unspecified atom stereocenters. The second-order valence-electron chi connectivity index (χ2n) is 4.76. The number of carbonyl (C=O) groups is 1. The number of ether oxygens (including phenoxy) is 1. The highest BCUT2D eigenvalue weighted by molar-refractivity contribution is 7.90. The van der Waals surface area contributed by atoms with Crippen molar-refractivity contribution in [3.8, 4) is 5.75 Å². The molecule has 0 saturated carbocycles. The Hall–Kier alpha value is -1.82. The number of benzene rings is 1. The highest BCUT2D eigenvalue weighted by Gasteiger charge is 2.27. The summed E-state index contributed by atoms with van der Waals surface area (Å²) in [5, 5.41) is 0. The molecule has 0 heterocycles. The van der Waals surface area contributed by atoms with Gasteiger partial charge in [-0.25, -0.2) is 13.1 Å². The number of carbonyl (C=O) groups excluding carboxylic acids is 1. The lowest BCUT2D eigenvalue weighted by atomic mass is 10.1. The van der Waals surface area contributed by atoms with Crippen LogP contribution < -0.4 is 9.46 Å². The molecule has 0 fully saturated rings. The molecular formula is C14H17NO4S. The first-order valence-electron chi connectivity index (χ1n) is 6.30. The maximum absolute atomic E-state index is 12.3. The number of amides is 1. The number of hydrogen-bond donors (Lipinski definition) is 1. The van der Waals surface area contributed by atoms with E-state index in [0.29, 0.717) is 12.8 Å². The monoisotopic (exact) mass is 295 g/mol. The van der Waals surface area contributed by atoms with Crippen LogP contribution in [0.15, 0.2) is 35.2 Å². The van der Waals surface area contributed by atoms with E-state index in [1.54, 1.807) is 19.1 Å². The lowest BCUT2D eigenvalue weighted by Gasteiger charge is -2.13. The van der Waals surface area contributed by atoms with Crippen molar-refractivity contribution in [1.82, 2.24) is 4.72 Å². The van der Waals surface area contributed by atoms with Crippen LogP contribution in [0.2, 0.25) is 0 Å². The summed E-state index contributed by atoms with van der Waals surface area (Å²) in [5.74, 6) is -0.556. The molecule has 0 saturated heterocycles. The van der Waals surface area contributed by atoms with E-state index in [4.69, 9.17) is 4.74 Å². The number of hydrogen-bond acceptors (Lipinski definition) is 4. The van der Waals surface area contributed by atoms with Crippen molar-refractivity contribution in [1.29, 1.82) is 0 Å². The van der Waals surface area contributed by atoms with Crippen molar-refractivity contribution in [2.75, 3.05) is 7.11 Å². The minimum Gasteiger partial charge on any atom is -0.495 e. The van der Waals surface area contributed by atoms with Gasteiger partial charge in [0.05, 0.1) is 7.11 Å². The van der Waals surface area contributed by atoms with Crippen molar-refractivity contribution >= 4 is 15.9 Å².